The average molecular weight is 570 g/mol. The zero-order chi connectivity index (χ0) is 22.6. The second kappa shape index (κ2) is 7.40. The SMILES string of the molecule is CC1CCC2(OC1)OC1CC3C4CC(Br)C5=CC(=O)C(Br)CC5(C)C4CCC3(C)C1C2C. The molecule has 3 saturated carbocycles. The van der Waals surface area contributed by atoms with E-state index in [0.29, 0.717) is 51.9 Å². The van der Waals surface area contributed by atoms with Gasteiger partial charge in [-0.3, -0.25) is 4.79 Å². The quantitative estimate of drug-likeness (QED) is 0.306. The van der Waals surface area contributed by atoms with E-state index >= 15 is 0 Å². The van der Waals surface area contributed by atoms with E-state index < -0.39 is 0 Å². The molecule has 5 fully saturated rings. The highest BCUT2D eigenvalue weighted by Gasteiger charge is 2.69. The number of halogens is 2. The van der Waals surface area contributed by atoms with Gasteiger partial charge >= 0.3 is 0 Å². The number of carbonyl (C=O) groups is 1. The van der Waals surface area contributed by atoms with Gasteiger partial charge in [0.25, 0.3) is 0 Å². The summed E-state index contributed by atoms with van der Waals surface area (Å²) in [6, 6.07) is 0. The number of hydrogen-bond donors (Lipinski definition) is 0. The molecule has 0 bridgehead atoms. The van der Waals surface area contributed by atoms with Gasteiger partial charge in [0.05, 0.1) is 17.5 Å². The lowest BCUT2D eigenvalue weighted by Gasteiger charge is -2.60. The normalized spacial score (nSPS) is 59.2. The van der Waals surface area contributed by atoms with Crippen LogP contribution in [0, 0.1) is 46.3 Å². The summed E-state index contributed by atoms with van der Waals surface area (Å²) in [6.07, 6.45) is 10.5. The maximum Gasteiger partial charge on any atom is 0.171 e. The van der Waals surface area contributed by atoms with Crippen LogP contribution in [0.15, 0.2) is 11.6 Å². The van der Waals surface area contributed by atoms with E-state index in [9.17, 15) is 4.79 Å². The van der Waals surface area contributed by atoms with Crippen LogP contribution in [0.4, 0.5) is 0 Å². The largest absolute Gasteiger partial charge is 0.349 e. The Kier molecular flexibility index (Phi) is 5.26. The molecule has 0 aromatic heterocycles. The van der Waals surface area contributed by atoms with Gasteiger partial charge < -0.3 is 9.47 Å². The number of allylic oxidation sites excluding steroid dienone is 1. The molecule has 6 aliphatic rings. The predicted molar refractivity (Wildman–Crippen MR) is 133 cm³/mol. The van der Waals surface area contributed by atoms with Crippen molar-refractivity contribution in [2.24, 2.45) is 46.3 Å². The van der Waals surface area contributed by atoms with Gasteiger partial charge in [0.15, 0.2) is 11.6 Å². The molecule has 12 atom stereocenters. The molecule has 4 aliphatic carbocycles. The summed E-state index contributed by atoms with van der Waals surface area (Å²) in [7, 11) is 0. The van der Waals surface area contributed by atoms with Crippen LogP contribution in [0.3, 0.4) is 0 Å². The Labute approximate surface area is 210 Å². The van der Waals surface area contributed by atoms with Gasteiger partial charge in [-0.1, -0.05) is 59.6 Å². The summed E-state index contributed by atoms with van der Waals surface area (Å²) >= 11 is 7.74. The molecular weight excluding hydrogens is 532 g/mol. The van der Waals surface area contributed by atoms with E-state index in [0.717, 1.165) is 19.4 Å². The molecule has 2 saturated heterocycles. The third kappa shape index (κ3) is 2.92. The molecule has 2 heterocycles. The highest BCUT2D eigenvalue weighted by atomic mass is 79.9. The van der Waals surface area contributed by atoms with E-state index in [1.165, 1.54) is 37.7 Å². The van der Waals surface area contributed by atoms with Crippen molar-refractivity contribution in [3.8, 4) is 0 Å². The van der Waals surface area contributed by atoms with E-state index in [1.54, 1.807) is 0 Å². The number of fused-ring (bicyclic) bond motifs is 7. The van der Waals surface area contributed by atoms with Gasteiger partial charge in [-0.05, 0) is 90.6 Å². The molecule has 0 aromatic carbocycles. The summed E-state index contributed by atoms with van der Waals surface area (Å²) < 4.78 is 13.4. The Balaban J connectivity index is 1.31. The van der Waals surface area contributed by atoms with Crippen LogP contribution in [-0.2, 0) is 14.3 Å². The first kappa shape index (κ1) is 22.7. The Morgan fingerprint density at radius 3 is 2.53 bits per heavy atom. The van der Waals surface area contributed by atoms with E-state index in [1.807, 2.05) is 6.08 Å². The fourth-order valence-corrected chi connectivity index (χ4v) is 11.5. The maximum atomic E-state index is 12.5. The molecule has 5 heteroatoms. The van der Waals surface area contributed by atoms with E-state index in [-0.39, 0.29) is 21.8 Å². The third-order valence-electron chi connectivity index (χ3n) is 11.2. The van der Waals surface area contributed by atoms with Crippen molar-refractivity contribution in [1.82, 2.24) is 0 Å². The summed E-state index contributed by atoms with van der Waals surface area (Å²) in [5.41, 5.74) is 1.83. The van der Waals surface area contributed by atoms with Gasteiger partial charge in [-0.2, -0.15) is 0 Å². The Hall–Kier alpha value is 0.290. The molecular formula is C27H38Br2O3. The van der Waals surface area contributed by atoms with Crippen LogP contribution < -0.4 is 0 Å². The highest BCUT2D eigenvalue weighted by molar-refractivity contribution is 9.10. The molecule has 32 heavy (non-hydrogen) atoms. The van der Waals surface area contributed by atoms with Crippen LogP contribution in [0.1, 0.15) is 72.6 Å². The first-order chi connectivity index (χ1) is 15.1. The summed E-state index contributed by atoms with van der Waals surface area (Å²) in [5, 5.41) is 0. The zero-order valence-electron chi connectivity index (χ0n) is 19.9. The minimum Gasteiger partial charge on any atom is -0.349 e. The molecule has 1 spiro atoms. The van der Waals surface area contributed by atoms with Crippen molar-refractivity contribution in [1.29, 1.82) is 0 Å². The molecule has 6 rings (SSSR count). The Morgan fingerprint density at radius 1 is 1.03 bits per heavy atom. The molecule has 3 nitrogen and oxygen atoms in total. The lowest BCUT2D eigenvalue weighted by atomic mass is 9.46. The summed E-state index contributed by atoms with van der Waals surface area (Å²) in [6.45, 7) is 10.6. The minimum absolute atomic E-state index is 0.0278. The van der Waals surface area contributed by atoms with Crippen LogP contribution in [0.2, 0.25) is 0 Å². The number of alkyl halides is 2. The fourth-order valence-electron chi connectivity index (χ4n) is 9.60. The van der Waals surface area contributed by atoms with Crippen molar-refractivity contribution in [3.05, 3.63) is 11.6 Å². The summed E-state index contributed by atoms with van der Waals surface area (Å²) in [5.74, 6) is 3.75. The average Bonchev–Trinajstić information content (AvgIpc) is 3.18. The van der Waals surface area contributed by atoms with Crippen molar-refractivity contribution in [2.45, 2.75) is 94.2 Å². The number of carbonyl (C=O) groups excluding carboxylic acids is 1. The molecule has 0 amide bonds. The smallest absolute Gasteiger partial charge is 0.171 e. The van der Waals surface area contributed by atoms with Crippen LogP contribution in [0.5, 0.6) is 0 Å². The molecule has 178 valence electrons. The van der Waals surface area contributed by atoms with Crippen LogP contribution >= 0.6 is 31.9 Å². The molecule has 2 aliphatic heterocycles. The molecule has 0 N–H and O–H groups in total. The first-order valence-corrected chi connectivity index (χ1v) is 14.8. The van der Waals surface area contributed by atoms with Crippen molar-refractivity contribution >= 4 is 37.6 Å². The number of rotatable bonds is 0. The first-order valence-electron chi connectivity index (χ1n) is 12.9. The topological polar surface area (TPSA) is 35.5 Å². The highest BCUT2D eigenvalue weighted by Crippen LogP contribution is 2.71. The van der Waals surface area contributed by atoms with Crippen LogP contribution in [0.25, 0.3) is 0 Å². The number of ketones is 1. The van der Waals surface area contributed by atoms with E-state index in [4.69, 9.17) is 9.47 Å². The zero-order valence-corrected chi connectivity index (χ0v) is 23.1. The lowest BCUT2D eigenvalue weighted by Crippen LogP contribution is -2.55. The Bertz CT molecular complexity index is 848. The number of hydrogen-bond acceptors (Lipinski definition) is 3. The second-order valence-corrected chi connectivity index (χ2v) is 14.9. The minimum atomic E-state index is -0.327. The summed E-state index contributed by atoms with van der Waals surface area (Å²) in [4.78, 5) is 12.8. The monoisotopic (exact) mass is 568 g/mol. The van der Waals surface area contributed by atoms with E-state index in [2.05, 4.69) is 59.6 Å². The number of ether oxygens (including phenoxy) is 2. The Morgan fingerprint density at radius 2 is 1.81 bits per heavy atom. The van der Waals surface area contributed by atoms with Crippen molar-refractivity contribution in [2.75, 3.05) is 6.61 Å². The third-order valence-corrected chi connectivity index (χ3v) is 12.9. The van der Waals surface area contributed by atoms with Crippen molar-refractivity contribution in [3.63, 3.8) is 0 Å². The van der Waals surface area contributed by atoms with Crippen LogP contribution in [-0.4, -0.2) is 33.9 Å². The van der Waals surface area contributed by atoms with Gasteiger partial charge in [-0.25, -0.2) is 0 Å². The van der Waals surface area contributed by atoms with Gasteiger partial charge in [0.2, 0.25) is 0 Å². The van der Waals surface area contributed by atoms with Gasteiger partial charge in [0, 0.05) is 17.2 Å². The fraction of sp³-hybridized carbons (Fsp3) is 0.889. The molecule has 12 unspecified atom stereocenters. The molecule has 0 radical (unpaired) electrons. The standard InChI is InChI=1S/C27H38Br2O3/c1-14-5-8-27(31-13-14)15(2)24-23(32-27)11-18-16-9-20(28)19-10-22(30)21(29)12-26(19,4)17(16)6-7-25(18,24)3/h10,14-18,20-21,23-24H,5-9,11-13H2,1-4H3. The second-order valence-electron chi connectivity index (χ2n) is 12.7. The lowest BCUT2D eigenvalue weighted by molar-refractivity contribution is -0.272. The van der Waals surface area contributed by atoms with Crippen molar-refractivity contribution < 1.29 is 14.3 Å². The predicted octanol–water partition coefficient (Wildman–Crippen LogP) is 6.67. The van der Waals surface area contributed by atoms with Gasteiger partial charge in [-0.15, -0.1) is 0 Å². The maximum absolute atomic E-state index is 12.5. The van der Waals surface area contributed by atoms with Gasteiger partial charge in [0.1, 0.15) is 0 Å². The molecule has 0 aromatic rings.